The third-order valence-corrected chi connectivity index (χ3v) is 3.87. The molecule has 0 fully saturated rings. The lowest BCUT2D eigenvalue weighted by Gasteiger charge is -2.17. The fourth-order valence-corrected chi connectivity index (χ4v) is 2.38. The Morgan fingerprint density at radius 3 is 2.58 bits per heavy atom. The molecule has 5 heteroatoms. The molecule has 5 nitrogen and oxygen atoms in total. The SMILES string of the molecule is COc1ccccc1-c1cc(C(C)C)cnc1CNC(=O)N(C)C. The van der Waals surface area contributed by atoms with Crippen molar-refractivity contribution in [3.8, 4) is 16.9 Å². The van der Waals surface area contributed by atoms with Gasteiger partial charge in [0.25, 0.3) is 0 Å². The van der Waals surface area contributed by atoms with E-state index in [9.17, 15) is 4.79 Å². The van der Waals surface area contributed by atoms with Crippen LogP contribution in [0.5, 0.6) is 5.75 Å². The van der Waals surface area contributed by atoms with E-state index in [-0.39, 0.29) is 6.03 Å². The number of hydrogen-bond acceptors (Lipinski definition) is 3. The fourth-order valence-electron chi connectivity index (χ4n) is 2.38. The standard InChI is InChI=1S/C19H25N3O2/c1-13(2)14-10-16(15-8-6-7-9-18(15)24-5)17(20-11-14)12-21-19(23)22(3)4/h6-11,13H,12H2,1-5H3,(H,21,23). The number of methoxy groups -OCH3 is 1. The summed E-state index contributed by atoms with van der Waals surface area (Å²) < 4.78 is 5.50. The van der Waals surface area contributed by atoms with Gasteiger partial charge in [0.05, 0.1) is 19.3 Å². The third-order valence-electron chi connectivity index (χ3n) is 3.87. The molecule has 0 unspecified atom stereocenters. The van der Waals surface area contributed by atoms with Crippen LogP contribution < -0.4 is 10.1 Å². The molecule has 0 aliphatic rings. The van der Waals surface area contributed by atoms with Crippen LogP contribution in [0.25, 0.3) is 11.1 Å². The van der Waals surface area contributed by atoms with E-state index < -0.39 is 0 Å². The molecule has 0 saturated carbocycles. The minimum absolute atomic E-state index is 0.143. The number of nitrogens with one attached hydrogen (secondary N) is 1. The number of carbonyl (C=O) groups excluding carboxylic acids is 1. The summed E-state index contributed by atoms with van der Waals surface area (Å²) in [5.41, 5.74) is 3.93. The second-order valence-corrected chi connectivity index (χ2v) is 6.17. The van der Waals surface area contributed by atoms with Gasteiger partial charge in [0.1, 0.15) is 5.75 Å². The van der Waals surface area contributed by atoms with Crippen LogP contribution in [-0.2, 0) is 6.54 Å². The molecule has 0 aliphatic heterocycles. The zero-order valence-electron chi connectivity index (χ0n) is 15.0. The Bertz CT molecular complexity index is 712. The fraction of sp³-hybridized carbons (Fsp3) is 0.368. The van der Waals surface area contributed by atoms with Crippen molar-refractivity contribution < 1.29 is 9.53 Å². The third kappa shape index (κ3) is 4.04. The van der Waals surface area contributed by atoms with Gasteiger partial charge in [-0.05, 0) is 23.6 Å². The van der Waals surface area contributed by atoms with Gasteiger partial charge in [-0.2, -0.15) is 0 Å². The molecule has 2 amide bonds. The van der Waals surface area contributed by atoms with Crippen molar-refractivity contribution >= 4 is 6.03 Å². The number of para-hydroxylation sites is 1. The second-order valence-electron chi connectivity index (χ2n) is 6.17. The summed E-state index contributed by atoms with van der Waals surface area (Å²) in [4.78, 5) is 17.9. The van der Waals surface area contributed by atoms with Crippen molar-refractivity contribution in [3.05, 3.63) is 47.8 Å². The number of aromatic nitrogens is 1. The Morgan fingerprint density at radius 1 is 1.25 bits per heavy atom. The molecule has 0 atom stereocenters. The second kappa shape index (κ2) is 7.81. The van der Waals surface area contributed by atoms with Crippen molar-refractivity contribution in [2.24, 2.45) is 0 Å². The molecule has 0 radical (unpaired) electrons. The quantitative estimate of drug-likeness (QED) is 0.912. The van der Waals surface area contributed by atoms with E-state index >= 15 is 0 Å². The molecule has 2 rings (SSSR count). The van der Waals surface area contributed by atoms with Gasteiger partial charge < -0.3 is 15.0 Å². The van der Waals surface area contributed by atoms with Crippen molar-refractivity contribution in [2.75, 3.05) is 21.2 Å². The maximum atomic E-state index is 11.8. The number of amides is 2. The summed E-state index contributed by atoms with van der Waals surface area (Å²) in [6.45, 7) is 4.63. The van der Waals surface area contributed by atoms with Crippen LogP contribution in [0, 0.1) is 0 Å². The molecule has 128 valence electrons. The molecule has 0 bridgehead atoms. The van der Waals surface area contributed by atoms with Crippen LogP contribution in [0.1, 0.15) is 31.0 Å². The minimum Gasteiger partial charge on any atom is -0.496 e. The van der Waals surface area contributed by atoms with E-state index in [1.807, 2.05) is 30.5 Å². The average Bonchev–Trinajstić information content (AvgIpc) is 2.59. The predicted octanol–water partition coefficient (Wildman–Crippen LogP) is 3.65. The number of nitrogens with zero attached hydrogens (tertiary/aromatic N) is 2. The van der Waals surface area contributed by atoms with Gasteiger partial charge in [-0.1, -0.05) is 32.0 Å². The summed E-state index contributed by atoms with van der Waals surface area (Å²) in [5.74, 6) is 1.16. The summed E-state index contributed by atoms with van der Waals surface area (Å²) in [6, 6.07) is 9.84. The first-order valence-corrected chi connectivity index (χ1v) is 8.01. The van der Waals surface area contributed by atoms with Crippen molar-refractivity contribution in [1.82, 2.24) is 15.2 Å². The Morgan fingerprint density at radius 2 is 1.96 bits per heavy atom. The number of urea groups is 1. The van der Waals surface area contributed by atoms with Gasteiger partial charge >= 0.3 is 6.03 Å². The highest BCUT2D eigenvalue weighted by Crippen LogP contribution is 2.33. The number of hydrogen-bond donors (Lipinski definition) is 1. The molecular weight excluding hydrogens is 302 g/mol. The van der Waals surface area contributed by atoms with E-state index in [0.717, 1.165) is 28.1 Å². The van der Waals surface area contributed by atoms with Crippen LogP contribution in [0.15, 0.2) is 36.5 Å². The number of benzene rings is 1. The average molecular weight is 327 g/mol. The highest BCUT2D eigenvalue weighted by atomic mass is 16.5. The first-order valence-electron chi connectivity index (χ1n) is 8.01. The Labute approximate surface area is 143 Å². The summed E-state index contributed by atoms with van der Waals surface area (Å²) in [6.07, 6.45) is 1.88. The number of rotatable bonds is 5. The van der Waals surface area contributed by atoms with E-state index in [2.05, 4.69) is 30.2 Å². The largest absolute Gasteiger partial charge is 0.496 e. The minimum atomic E-state index is -0.143. The highest BCUT2D eigenvalue weighted by Gasteiger charge is 2.14. The Hall–Kier alpha value is -2.56. The Kier molecular flexibility index (Phi) is 5.79. The maximum absolute atomic E-state index is 11.8. The molecule has 1 aromatic carbocycles. The van der Waals surface area contributed by atoms with E-state index in [1.165, 1.54) is 4.90 Å². The zero-order chi connectivity index (χ0) is 17.7. The number of carbonyl (C=O) groups is 1. The van der Waals surface area contributed by atoms with Crippen LogP contribution in [0.2, 0.25) is 0 Å². The van der Waals surface area contributed by atoms with Crippen molar-refractivity contribution in [1.29, 1.82) is 0 Å². The summed E-state index contributed by atoms with van der Waals surface area (Å²) >= 11 is 0. The highest BCUT2D eigenvalue weighted by molar-refractivity contribution is 5.75. The monoisotopic (exact) mass is 327 g/mol. The number of ether oxygens (including phenoxy) is 1. The van der Waals surface area contributed by atoms with Crippen molar-refractivity contribution in [3.63, 3.8) is 0 Å². The molecule has 1 heterocycles. The van der Waals surface area contributed by atoms with E-state index in [4.69, 9.17) is 4.74 Å². The van der Waals surface area contributed by atoms with Gasteiger partial charge in [0.2, 0.25) is 0 Å². The van der Waals surface area contributed by atoms with Crippen LogP contribution in [0.3, 0.4) is 0 Å². The molecule has 0 saturated heterocycles. The number of pyridine rings is 1. The smallest absolute Gasteiger partial charge is 0.317 e. The van der Waals surface area contributed by atoms with Crippen LogP contribution >= 0.6 is 0 Å². The molecule has 24 heavy (non-hydrogen) atoms. The maximum Gasteiger partial charge on any atom is 0.317 e. The van der Waals surface area contributed by atoms with Crippen LogP contribution in [0.4, 0.5) is 4.79 Å². The van der Waals surface area contributed by atoms with Crippen molar-refractivity contribution in [2.45, 2.75) is 26.3 Å². The molecule has 0 aliphatic carbocycles. The molecule has 1 aromatic heterocycles. The van der Waals surface area contributed by atoms with E-state index in [1.54, 1.807) is 21.2 Å². The van der Waals surface area contributed by atoms with Gasteiger partial charge in [0, 0.05) is 31.4 Å². The Balaban J connectivity index is 2.45. The molecular formula is C19H25N3O2. The van der Waals surface area contributed by atoms with Gasteiger partial charge in [-0.3, -0.25) is 4.98 Å². The van der Waals surface area contributed by atoms with Gasteiger partial charge in [-0.25, -0.2) is 4.79 Å². The molecule has 1 N–H and O–H groups in total. The lowest BCUT2D eigenvalue weighted by molar-refractivity contribution is 0.217. The summed E-state index contributed by atoms with van der Waals surface area (Å²) in [5, 5.41) is 2.88. The normalized spacial score (nSPS) is 10.6. The lowest BCUT2D eigenvalue weighted by Crippen LogP contribution is -2.34. The van der Waals surface area contributed by atoms with Gasteiger partial charge in [0.15, 0.2) is 0 Å². The predicted molar refractivity (Wildman–Crippen MR) is 96.2 cm³/mol. The topological polar surface area (TPSA) is 54.5 Å². The van der Waals surface area contributed by atoms with E-state index in [0.29, 0.717) is 12.5 Å². The molecule has 2 aromatic rings. The van der Waals surface area contributed by atoms with Gasteiger partial charge in [-0.15, -0.1) is 0 Å². The first kappa shape index (κ1) is 17.8. The summed E-state index contributed by atoms with van der Waals surface area (Å²) in [7, 11) is 5.09. The molecule has 0 spiro atoms. The lowest BCUT2D eigenvalue weighted by atomic mass is 9.97. The first-order chi connectivity index (χ1) is 11.4. The van der Waals surface area contributed by atoms with Crippen LogP contribution in [-0.4, -0.2) is 37.1 Å². The zero-order valence-corrected chi connectivity index (χ0v) is 15.0.